The predicted molar refractivity (Wildman–Crippen MR) is 95.6 cm³/mol. The van der Waals surface area contributed by atoms with E-state index in [0.29, 0.717) is 17.1 Å². The molecule has 1 N–H and O–H groups in total. The molecule has 0 radical (unpaired) electrons. The molecule has 27 heavy (non-hydrogen) atoms. The zero-order valence-electron chi connectivity index (χ0n) is 14.2. The second-order valence-corrected chi connectivity index (χ2v) is 5.90. The topological polar surface area (TPSA) is 85.8 Å². The van der Waals surface area contributed by atoms with Gasteiger partial charge in [0.2, 0.25) is 0 Å². The van der Waals surface area contributed by atoms with Gasteiger partial charge >= 0.3 is 5.97 Å². The number of aryl methyl sites for hydroxylation is 1. The van der Waals surface area contributed by atoms with Gasteiger partial charge in [0.1, 0.15) is 22.9 Å². The Balaban J connectivity index is 1.75. The van der Waals surface area contributed by atoms with Gasteiger partial charge in [-0.3, -0.25) is 0 Å². The fourth-order valence-electron chi connectivity index (χ4n) is 2.81. The summed E-state index contributed by atoms with van der Waals surface area (Å²) in [6.07, 6.45) is 3.36. The van der Waals surface area contributed by atoms with Crippen LogP contribution in [0.1, 0.15) is 16.1 Å². The highest BCUT2D eigenvalue weighted by atomic mass is 19.1. The second kappa shape index (κ2) is 6.49. The van der Waals surface area contributed by atoms with Crippen molar-refractivity contribution < 1.29 is 14.3 Å². The number of aromatic nitrogens is 5. The molecule has 2 aromatic heterocycles. The Hall–Kier alpha value is -3.81. The Morgan fingerprint density at radius 1 is 1.11 bits per heavy atom. The number of carboxylic acid groups (broad SMARTS) is 1. The average Bonchev–Trinajstić information content (AvgIpc) is 3.29. The molecule has 134 valence electrons. The fourth-order valence-corrected chi connectivity index (χ4v) is 2.81. The summed E-state index contributed by atoms with van der Waals surface area (Å²) in [6, 6.07) is 12.7. The molecule has 0 saturated heterocycles. The predicted octanol–water partition coefficient (Wildman–Crippen LogP) is 3.27. The van der Waals surface area contributed by atoms with Gasteiger partial charge in [0, 0.05) is 11.9 Å². The van der Waals surface area contributed by atoms with Gasteiger partial charge in [0.05, 0.1) is 17.6 Å². The summed E-state index contributed by atoms with van der Waals surface area (Å²) >= 11 is 0. The number of imidazole rings is 1. The monoisotopic (exact) mass is 363 g/mol. The maximum atomic E-state index is 14.2. The summed E-state index contributed by atoms with van der Waals surface area (Å²) in [5, 5.41) is 17.1. The van der Waals surface area contributed by atoms with Crippen LogP contribution >= 0.6 is 0 Å². The van der Waals surface area contributed by atoms with Crippen LogP contribution in [0.2, 0.25) is 0 Å². The van der Waals surface area contributed by atoms with Gasteiger partial charge in [-0.1, -0.05) is 17.3 Å². The average molecular weight is 363 g/mol. The van der Waals surface area contributed by atoms with Gasteiger partial charge in [-0.05, 0) is 43.3 Å². The fraction of sp³-hybridized carbons (Fsp3) is 0.0526. The smallest absolute Gasteiger partial charge is 0.335 e. The summed E-state index contributed by atoms with van der Waals surface area (Å²) in [6.45, 7) is 1.78. The van der Waals surface area contributed by atoms with Crippen molar-refractivity contribution >= 4 is 5.97 Å². The van der Waals surface area contributed by atoms with Crippen LogP contribution in [-0.2, 0) is 0 Å². The highest BCUT2D eigenvalue weighted by Crippen LogP contribution is 2.25. The minimum atomic E-state index is -0.983. The SMILES string of the molecule is Cc1nnn(-c2ccccc2F)c1-c1cn(-c2ccc(C(=O)O)cc2)cn1. The third kappa shape index (κ3) is 2.97. The number of rotatable bonds is 4. The molecule has 0 aliphatic heterocycles. The van der Waals surface area contributed by atoms with Crippen LogP contribution in [0.4, 0.5) is 4.39 Å². The molecular formula is C19H14FN5O2. The molecule has 0 fully saturated rings. The molecule has 2 heterocycles. The van der Waals surface area contributed by atoms with E-state index in [9.17, 15) is 9.18 Å². The first-order chi connectivity index (χ1) is 13.0. The van der Waals surface area contributed by atoms with Gasteiger partial charge in [0.15, 0.2) is 0 Å². The maximum absolute atomic E-state index is 14.2. The summed E-state index contributed by atoms with van der Waals surface area (Å²) in [7, 11) is 0. The highest BCUT2D eigenvalue weighted by molar-refractivity contribution is 5.87. The van der Waals surface area contributed by atoms with Crippen LogP contribution in [0.3, 0.4) is 0 Å². The number of para-hydroxylation sites is 1. The summed E-state index contributed by atoms with van der Waals surface area (Å²) in [4.78, 5) is 15.4. The van der Waals surface area contributed by atoms with Crippen molar-refractivity contribution in [1.29, 1.82) is 0 Å². The van der Waals surface area contributed by atoms with Gasteiger partial charge in [0.25, 0.3) is 0 Å². The lowest BCUT2D eigenvalue weighted by Gasteiger charge is -2.06. The molecule has 8 heteroatoms. The standard InChI is InChI=1S/C19H14FN5O2/c1-12-18(25(23-22-12)17-5-3-2-4-15(17)20)16-10-24(11-21-16)14-8-6-13(7-9-14)19(26)27/h2-11H,1H3,(H,26,27). The van der Waals surface area contributed by atoms with E-state index in [1.54, 1.807) is 54.3 Å². The van der Waals surface area contributed by atoms with E-state index in [4.69, 9.17) is 5.11 Å². The molecule has 0 aliphatic carbocycles. The molecule has 4 rings (SSSR count). The summed E-state index contributed by atoms with van der Waals surface area (Å²) < 4.78 is 17.4. The third-order valence-electron chi connectivity index (χ3n) is 4.16. The van der Waals surface area contributed by atoms with Crippen molar-refractivity contribution in [2.24, 2.45) is 0 Å². The highest BCUT2D eigenvalue weighted by Gasteiger charge is 2.18. The Morgan fingerprint density at radius 2 is 1.85 bits per heavy atom. The number of aromatic carboxylic acids is 1. The van der Waals surface area contributed by atoms with Crippen molar-refractivity contribution in [3.63, 3.8) is 0 Å². The number of hydrogen-bond donors (Lipinski definition) is 1. The van der Waals surface area contributed by atoms with E-state index in [1.165, 1.54) is 22.9 Å². The largest absolute Gasteiger partial charge is 0.478 e. The van der Waals surface area contributed by atoms with Crippen LogP contribution in [0.5, 0.6) is 0 Å². The van der Waals surface area contributed by atoms with Crippen LogP contribution < -0.4 is 0 Å². The Labute approximate surface area is 153 Å². The van der Waals surface area contributed by atoms with Crippen molar-refractivity contribution in [1.82, 2.24) is 24.5 Å². The Bertz CT molecular complexity index is 1130. The van der Waals surface area contributed by atoms with Gasteiger partial charge < -0.3 is 9.67 Å². The van der Waals surface area contributed by atoms with Gasteiger partial charge in [-0.15, -0.1) is 5.10 Å². The summed E-state index contributed by atoms with van der Waals surface area (Å²) in [5.41, 5.74) is 3.01. The quantitative estimate of drug-likeness (QED) is 0.601. The Morgan fingerprint density at radius 3 is 2.56 bits per heavy atom. The molecule has 0 spiro atoms. The minimum Gasteiger partial charge on any atom is -0.478 e. The third-order valence-corrected chi connectivity index (χ3v) is 4.16. The molecule has 4 aromatic rings. The van der Waals surface area contributed by atoms with Crippen LogP contribution in [0.15, 0.2) is 61.1 Å². The number of carboxylic acids is 1. The number of carbonyl (C=O) groups is 1. The number of hydrogen-bond acceptors (Lipinski definition) is 4. The molecule has 0 unspecified atom stereocenters. The van der Waals surface area contributed by atoms with Crippen molar-refractivity contribution in [2.75, 3.05) is 0 Å². The number of nitrogens with zero attached hydrogens (tertiary/aromatic N) is 5. The maximum Gasteiger partial charge on any atom is 0.335 e. The van der Waals surface area contributed by atoms with E-state index in [-0.39, 0.29) is 11.3 Å². The molecule has 2 aromatic carbocycles. The lowest BCUT2D eigenvalue weighted by molar-refractivity contribution is 0.0697. The van der Waals surface area contributed by atoms with Crippen LogP contribution in [-0.4, -0.2) is 35.6 Å². The zero-order chi connectivity index (χ0) is 19.0. The van der Waals surface area contributed by atoms with Crippen molar-refractivity contribution in [3.05, 3.63) is 78.1 Å². The molecule has 7 nitrogen and oxygen atoms in total. The van der Waals surface area contributed by atoms with E-state index in [2.05, 4.69) is 15.3 Å². The molecule has 0 atom stereocenters. The van der Waals surface area contributed by atoms with Gasteiger partial charge in [-0.25, -0.2) is 18.9 Å². The zero-order valence-corrected chi connectivity index (χ0v) is 14.2. The lowest BCUT2D eigenvalue weighted by atomic mass is 10.2. The van der Waals surface area contributed by atoms with E-state index in [0.717, 1.165) is 5.69 Å². The minimum absolute atomic E-state index is 0.205. The lowest BCUT2D eigenvalue weighted by Crippen LogP contribution is -2.02. The van der Waals surface area contributed by atoms with Crippen LogP contribution in [0, 0.1) is 12.7 Å². The summed E-state index contributed by atoms with van der Waals surface area (Å²) in [5.74, 6) is -1.39. The first kappa shape index (κ1) is 16.6. The van der Waals surface area contributed by atoms with Crippen molar-refractivity contribution in [3.8, 4) is 22.8 Å². The molecule has 0 aliphatic rings. The van der Waals surface area contributed by atoms with E-state index >= 15 is 0 Å². The molecule has 0 amide bonds. The molecule has 0 saturated carbocycles. The normalized spacial score (nSPS) is 10.9. The first-order valence-corrected chi connectivity index (χ1v) is 8.10. The molecule has 0 bridgehead atoms. The number of halogens is 1. The van der Waals surface area contributed by atoms with E-state index in [1.807, 2.05) is 0 Å². The van der Waals surface area contributed by atoms with Crippen LogP contribution in [0.25, 0.3) is 22.8 Å². The Kier molecular flexibility index (Phi) is 4.00. The van der Waals surface area contributed by atoms with Gasteiger partial charge in [-0.2, -0.15) is 0 Å². The van der Waals surface area contributed by atoms with E-state index < -0.39 is 11.8 Å². The number of benzene rings is 2. The first-order valence-electron chi connectivity index (χ1n) is 8.10. The second-order valence-electron chi connectivity index (χ2n) is 5.90. The molecular weight excluding hydrogens is 349 g/mol. The van der Waals surface area contributed by atoms with Crippen molar-refractivity contribution in [2.45, 2.75) is 6.92 Å².